The monoisotopic (exact) mass is 228 g/mol. The summed E-state index contributed by atoms with van der Waals surface area (Å²) in [6, 6.07) is 1.60. The number of hydrogen-bond donors (Lipinski definition) is 4. The Hall–Kier alpha value is -1.66. The highest BCUT2D eigenvalue weighted by Gasteiger charge is 2.15. The molecule has 0 bridgehead atoms. The molecule has 0 heterocycles. The molecule has 0 aliphatic rings. The van der Waals surface area contributed by atoms with Crippen LogP contribution in [0.1, 0.15) is 17.2 Å². The Balaban J connectivity index is 3.16. The first-order chi connectivity index (χ1) is 7.45. The van der Waals surface area contributed by atoms with Crippen molar-refractivity contribution in [1.82, 2.24) is 0 Å². The molecule has 0 saturated carbocycles. The van der Waals surface area contributed by atoms with Crippen LogP contribution in [0.15, 0.2) is 12.1 Å². The summed E-state index contributed by atoms with van der Waals surface area (Å²) in [6.45, 7) is 0.0313. The number of carboxylic acid groups (broad SMARTS) is 1. The first kappa shape index (κ1) is 12.4. The molecular weight excluding hydrogens is 215 g/mol. The number of hydrogen-bond acceptors (Lipinski definition) is 4. The standard InChI is InChI=1S/C10H13FN2O3/c11-7-2-5(3-9(14)15)1-6(10(7)16)8(13)4-12/h1-2,8,16H,3-4,12-13H2,(H,14,15)/t8-/m0/s1. The number of rotatable bonds is 4. The van der Waals surface area contributed by atoms with Crippen molar-refractivity contribution in [3.05, 3.63) is 29.1 Å². The van der Waals surface area contributed by atoms with Crippen LogP contribution in [0.3, 0.4) is 0 Å². The summed E-state index contributed by atoms with van der Waals surface area (Å²) in [5.74, 6) is -2.55. The van der Waals surface area contributed by atoms with E-state index in [0.717, 1.165) is 6.07 Å². The Morgan fingerprint density at radius 1 is 1.50 bits per heavy atom. The Morgan fingerprint density at radius 3 is 2.62 bits per heavy atom. The molecule has 6 heteroatoms. The lowest BCUT2D eigenvalue weighted by atomic mass is 10.0. The third kappa shape index (κ3) is 2.68. The number of nitrogens with two attached hydrogens (primary N) is 2. The number of benzene rings is 1. The second-order valence-electron chi connectivity index (χ2n) is 3.43. The average molecular weight is 228 g/mol. The number of carbonyl (C=O) groups is 1. The molecule has 0 fully saturated rings. The molecule has 0 aliphatic carbocycles. The molecule has 88 valence electrons. The number of halogens is 1. The first-order valence-electron chi connectivity index (χ1n) is 4.64. The highest BCUT2D eigenvalue weighted by molar-refractivity contribution is 5.70. The van der Waals surface area contributed by atoms with Gasteiger partial charge in [0.2, 0.25) is 0 Å². The van der Waals surface area contributed by atoms with Crippen molar-refractivity contribution >= 4 is 5.97 Å². The van der Waals surface area contributed by atoms with Crippen molar-refractivity contribution in [2.24, 2.45) is 11.5 Å². The third-order valence-electron chi connectivity index (χ3n) is 2.16. The number of phenols is 1. The minimum absolute atomic E-state index is 0.0313. The predicted molar refractivity (Wildman–Crippen MR) is 55.4 cm³/mol. The molecule has 0 saturated heterocycles. The van der Waals surface area contributed by atoms with Gasteiger partial charge in [-0.3, -0.25) is 4.79 Å². The van der Waals surface area contributed by atoms with Crippen LogP contribution in [-0.2, 0) is 11.2 Å². The molecule has 0 spiro atoms. The lowest BCUT2D eigenvalue weighted by molar-refractivity contribution is -0.136. The average Bonchev–Trinajstić information content (AvgIpc) is 2.21. The van der Waals surface area contributed by atoms with Crippen molar-refractivity contribution < 1.29 is 19.4 Å². The molecule has 0 aromatic heterocycles. The van der Waals surface area contributed by atoms with Gasteiger partial charge in [0.05, 0.1) is 6.42 Å². The summed E-state index contributed by atoms with van der Waals surface area (Å²) in [4.78, 5) is 10.5. The molecule has 0 unspecified atom stereocenters. The topological polar surface area (TPSA) is 110 Å². The number of phenolic OH excluding ortho intramolecular Hbond substituents is 1. The summed E-state index contributed by atoms with van der Waals surface area (Å²) < 4.78 is 13.2. The van der Waals surface area contributed by atoms with E-state index >= 15 is 0 Å². The first-order valence-corrected chi connectivity index (χ1v) is 4.64. The second kappa shape index (κ2) is 4.91. The highest BCUT2D eigenvalue weighted by Crippen LogP contribution is 2.27. The summed E-state index contributed by atoms with van der Waals surface area (Å²) in [6.07, 6.45) is -0.332. The van der Waals surface area contributed by atoms with Crippen molar-refractivity contribution in [2.75, 3.05) is 6.54 Å². The predicted octanol–water partition coefficient (Wildman–Crippen LogP) is 0.117. The van der Waals surface area contributed by atoms with Gasteiger partial charge in [-0.05, 0) is 17.7 Å². The van der Waals surface area contributed by atoms with Crippen molar-refractivity contribution in [2.45, 2.75) is 12.5 Å². The van der Waals surface area contributed by atoms with E-state index < -0.39 is 23.6 Å². The quantitative estimate of drug-likeness (QED) is 0.585. The number of aromatic hydroxyl groups is 1. The summed E-state index contributed by atoms with van der Waals surface area (Å²) in [5.41, 5.74) is 11.2. The molecule has 0 radical (unpaired) electrons. The maximum atomic E-state index is 13.2. The molecule has 1 rings (SSSR count). The van der Waals surface area contributed by atoms with E-state index in [-0.39, 0.29) is 24.1 Å². The Morgan fingerprint density at radius 2 is 2.12 bits per heavy atom. The summed E-state index contributed by atoms with van der Waals surface area (Å²) in [5, 5.41) is 18.0. The lowest BCUT2D eigenvalue weighted by Crippen LogP contribution is -2.21. The number of aliphatic carboxylic acids is 1. The Kier molecular flexibility index (Phi) is 3.81. The van der Waals surface area contributed by atoms with Crippen molar-refractivity contribution in [3.63, 3.8) is 0 Å². The van der Waals surface area contributed by atoms with Crippen LogP contribution in [0, 0.1) is 5.82 Å². The minimum Gasteiger partial charge on any atom is -0.505 e. The van der Waals surface area contributed by atoms with Gasteiger partial charge in [-0.15, -0.1) is 0 Å². The SMILES string of the molecule is NC[C@H](N)c1cc(CC(=O)O)cc(F)c1O. The van der Waals surface area contributed by atoms with E-state index in [1.807, 2.05) is 0 Å². The zero-order valence-corrected chi connectivity index (χ0v) is 8.48. The van der Waals surface area contributed by atoms with E-state index in [1.165, 1.54) is 6.07 Å². The molecule has 1 aromatic rings. The maximum absolute atomic E-state index is 13.2. The van der Waals surface area contributed by atoms with Gasteiger partial charge in [0.15, 0.2) is 11.6 Å². The van der Waals surface area contributed by atoms with E-state index in [0.29, 0.717) is 0 Å². The van der Waals surface area contributed by atoms with E-state index in [4.69, 9.17) is 16.6 Å². The fourth-order valence-electron chi connectivity index (χ4n) is 1.37. The van der Waals surface area contributed by atoms with E-state index in [2.05, 4.69) is 0 Å². The van der Waals surface area contributed by atoms with E-state index in [1.54, 1.807) is 0 Å². The van der Waals surface area contributed by atoms with Crippen LogP contribution >= 0.6 is 0 Å². The van der Waals surface area contributed by atoms with Gasteiger partial charge in [-0.1, -0.05) is 0 Å². The molecule has 16 heavy (non-hydrogen) atoms. The van der Waals surface area contributed by atoms with Crippen molar-refractivity contribution in [3.8, 4) is 5.75 Å². The van der Waals surface area contributed by atoms with E-state index in [9.17, 15) is 14.3 Å². The molecule has 1 aromatic carbocycles. The summed E-state index contributed by atoms with van der Waals surface area (Å²) >= 11 is 0. The Bertz CT molecular complexity index is 409. The summed E-state index contributed by atoms with van der Waals surface area (Å²) in [7, 11) is 0. The van der Waals surface area contributed by atoms with Gasteiger partial charge in [0.25, 0.3) is 0 Å². The minimum atomic E-state index is -1.09. The van der Waals surface area contributed by atoms with Crippen LogP contribution in [0.5, 0.6) is 5.75 Å². The van der Waals surface area contributed by atoms with Crippen LogP contribution in [0.4, 0.5) is 4.39 Å². The van der Waals surface area contributed by atoms with Gasteiger partial charge in [-0.2, -0.15) is 0 Å². The van der Waals surface area contributed by atoms with Gasteiger partial charge in [0, 0.05) is 18.2 Å². The molecular formula is C10H13FN2O3. The lowest BCUT2D eigenvalue weighted by Gasteiger charge is -2.13. The third-order valence-corrected chi connectivity index (χ3v) is 2.16. The zero-order chi connectivity index (χ0) is 12.3. The van der Waals surface area contributed by atoms with Crippen LogP contribution < -0.4 is 11.5 Å². The van der Waals surface area contributed by atoms with Gasteiger partial charge in [-0.25, -0.2) is 4.39 Å². The molecule has 5 nitrogen and oxygen atoms in total. The van der Waals surface area contributed by atoms with Gasteiger partial charge >= 0.3 is 5.97 Å². The van der Waals surface area contributed by atoms with Gasteiger partial charge < -0.3 is 21.7 Å². The highest BCUT2D eigenvalue weighted by atomic mass is 19.1. The zero-order valence-electron chi connectivity index (χ0n) is 8.48. The Labute approximate surface area is 91.5 Å². The van der Waals surface area contributed by atoms with Crippen LogP contribution in [0.25, 0.3) is 0 Å². The second-order valence-corrected chi connectivity index (χ2v) is 3.43. The fourth-order valence-corrected chi connectivity index (χ4v) is 1.37. The molecule has 0 amide bonds. The fraction of sp³-hybridized carbons (Fsp3) is 0.300. The maximum Gasteiger partial charge on any atom is 0.307 e. The van der Waals surface area contributed by atoms with Crippen LogP contribution in [-0.4, -0.2) is 22.7 Å². The molecule has 1 atom stereocenters. The van der Waals surface area contributed by atoms with Crippen LogP contribution in [0.2, 0.25) is 0 Å². The van der Waals surface area contributed by atoms with Crippen molar-refractivity contribution in [1.29, 1.82) is 0 Å². The largest absolute Gasteiger partial charge is 0.505 e. The normalized spacial score (nSPS) is 12.4. The number of carboxylic acids is 1. The molecule has 0 aliphatic heterocycles. The smallest absolute Gasteiger partial charge is 0.307 e. The van der Waals surface area contributed by atoms with Gasteiger partial charge in [0.1, 0.15) is 0 Å². The molecule has 6 N–H and O–H groups in total.